The zero-order valence-corrected chi connectivity index (χ0v) is 19.2. The molecule has 29 heavy (non-hydrogen) atoms. The van der Waals surface area contributed by atoms with Crippen LogP contribution in [0.2, 0.25) is 0 Å². The van der Waals surface area contributed by atoms with Crippen molar-refractivity contribution >= 4 is 33.5 Å². The van der Waals surface area contributed by atoms with Crippen LogP contribution in [0.4, 0.5) is 0 Å². The van der Waals surface area contributed by atoms with Gasteiger partial charge >= 0.3 is 0 Å². The molecule has 7 heteroatoms. The van der Waals surface area contributed by atoms with Gasteiger partial charge in [-0.1, -0.05) is 58.9 Å². The molecule has 0 saturated carbocycles. The van der Waals surface area contributed by atoms with Crippen LogP contribution >= 0.6 is 27.7 Å². The molecule has 0 unspecified atom stereocenters. The van der Waals surface area contributed by atoms with Gasteiger partial charge in [-0.15, -0.1) is 10.2 Å². The van der Waals surface area contributed by atoms with Gasteiger partial charge in [0.15, 0.2) is 22.9 Å². The molecule has 0 N–H and O–H groups in total. The number of aryl methyl sites for hydroxylation is 1. The summed E-state index contributed by atoms with van der Waals surface area (Å²) in [6.45, 7) is 6.84. The molecule has 0 spiro atoms. The van der Waals surface area contributed by atoms with Crippen LogP contribution in [0.15, 0.2) is 58.2 Å². The molecular formula is C22H24BrN3O2S. The number of rotatable bonds is 9. The van der Waals surface area contributed by atoms with Gasteiger partial charge < -0.3 is 9.30 Å². The number of hydrogen-bond donors (Lipinski definition) is 0. The van der Waals surface area contributed by atoms with Crippen LogP contribution in [-0.4, -0.2) is 26.3 Å². The Kier molecular flexibility index (Phi) is 7.50. The van der Waals surface area contributed by atoms with Crippen molar-refractivity contribution in [2.45, 2.75) is 45.0 Å². The van der Waals surface area contributed by atoms with Gasteiger partial charge in [0, 0.05) is 16.6 Å². The number of Topliss-reactive ketones (excluding diaryl/α,β-unsaturated/α-hetero) is 1. The Bertz CT molecular complexity index is 955. The van der Waals surface area contributed by atoms with Gasteiger partial charge in [-0.2, -0.15) is 0 Å². The third-order valence-electron chi connectivity index (χ3n) is 4.57. The summed E-state index contributed by atoms with van der Waals surface area (Å²) < 4.78 is 9.02. The molecule has 1 aromatic heterocycles. The van der Waals surface area contributed by atoms with E-state index in [2.05, 4.69) is 45.2 Å². The lowest BCUT2D eigenvalue weighted by molar-refractivity contribution is 0.102. The average molecular weight is 474 g/mol. The van der Waals surface area contributed by atoms with E-state index in [9.17, 15) is 4.79 Å². The Balaban J connectivity index is 1.67. The molecule has 0 amide bonds. The molecule has 5 nitrogen and oxygen atoms in total. The molecule has 3 aromatic rings. The molecule has 0 fully saturated rings. The average Bonchev–Trinajstić information content (AvgIpc) is 3.16. The minimum Gasteiger partial charge on any atom is -0.483 e. The Morgan fingerprint density at radius 3 is 2.41 bits per heavy atom. The van der Waals surface area contributed by atoms with E-state index in [1.54, 1.807) is 0 Å². The van der Waals surface area contributed by atoms with Gasteiger partial charge in [0.2, 0.25) is 0 Å². The van der Waals surface area contributed by atoms with Crippen molar-refractivity contribution in [2.75, 3.05) is 5.75 Å². The number of ether oxygens (including phenoxy) is 1. The highest BCUT2D eigenvalue weighted by atomic mass is 79.9. The quantitative estimate of drug-likeness (QED) is 0.293. The number of thioether (sulfide) groups is 1. The second-order valence-electron chi connectivity index (χ2n) is 6.56. The van der Waals surface area contributed by atoms with Gasteiger partial charge in [-0.05, 0) is 50.1 Å². The molecule has 152 valence electrons. The van der Waals surface area contributed by atoms with Crippen molar-refractivity contribution in [1.82, 2.24) is 14.8 Å². The molecule has 0 aliphatic heterocycles. The summed E-state index contributed by atoms with van der Waals surface area (Å²) in [6, 6.07) is 15.5. The van der Waals surface area contributed by atoms with Crippen LogP contribution in [0, 0.1) is 0 Å². The second-order valence-corrected chi connectivity index (χ2v) is 8.42. The van der Waals surface area contributed by atoms with Crippen molar-refractivity contribution < 1.29 is 9.53 Å². The van der Waals surface area contributed by atoms with Crippen LogP contribution in [0.5, 0.6) is 5.75 Å². The van der Waals surface area contributed by atoms with Crippen LogP contribution in [-0.2, 0) is 13.0 Å². The van der Waals surface area contributed by atoms with E-state index in [0.717, 1.165) is 27.6 Å². The summed E-state index contributed by atoms with van der Waals surface area (Å²) in [5.41, 5.74) is 1.96. The lowest BCUT2D eigenvalue weighted by Gasteiger charge is -2.15. The molecule has 0 radical (unpaired) electrons. The van der Waals surface area contributed by atoms with Crippen molar-refractivity contribution in [3.05, 3.63) is 70.0 Å². The highest BCUT2D eigenvalue weighted by Gasteiger charge is 2.19. The first kappa shape index (κ1) is 21.6. The first-order valence-electron chi connectivity index (χ1n) is 9.62. The highest BCUT2D eigenvalue weighted by Crippen LogP contribution is 2.25. The lowest BCUT2D eigenvalue weighted by Crippen LogP contribution is -2.12. The number of benzene rings is 2. The molecule has 0 bridgehead atoms. The first-order valence-corrected chi connectivity index (χ1v) is 11.4. The highest BCUT2D eigenvalue weighted by molar-refractivity contribution is 9.10. The van der Waals surface area contributed by atoms with Gasteiger partial charge in [-0.3, -0.25) is 4.79 Å². The summed E-state index contributed by atoms with van der Waals surface area (Å²) in [6.07, 6.45) is 0.756. The summed E-state index contributed by atoms with van der Waals surface area (Å²) in [5, 5.41) is 9.35. The van der Waals surface area contributed by atoms with Crippen LogP contribution in [0.3, 0.4) is 0 Å². The molecule has 1 heterocycles. The number of halogens is 1. The maximum Gasteiger partial charge on any atom is 0.191 e. The topological polar surface area (TPSA) is 57.0 Å². The van der Waals surface area contributed by atoms with E-state index in [4.69, 9.17) is 4.74 Å². The second kappa shape index (κ2) is 10.1. The van der Waals surface area contributed by atoms with Crippen molar-refractivity contribution in [3.63, 3.8) is 0 Å². The summed E-state index contributed by atoms with van der Waals surface area (Å²) in [5.74, 6) is 1.94. The molecule has 2 aromatic carbocycles. The lowest BCUT2D eigenvalue weighted by atomic mass is 10.2. The predicted octanol–water partition coefficient (Wildman–Crippen LogP) is 5.74. The maximum atomic E-state index is 12.4. The molecule has 1 atom stereocenters. The monoisotopic (exact) mass is 473 g/mol. The van der Waals surface area contributed by atoms with Gasteiger partial charge in [0.1, 0.15) is 5.75 Å². The smallest absolute Gasteiger partial charge is 0.191 e. The van der Waals surface area contributed by atoms with E-state index in [0.29, 0.717) is 17.9 Å². The van der Waals surface area contributed by atoms with E-state index in [1.165, 1.54) is 17.3 Å². The fourth-order valence-corrected chi connectivity index (χ4v) is 4.08. The Hall–Kier alpha value is -2.12. The van der Waals surface area contributed by atoms with Crippen LogP contribution in [0.25, 0.3) is 0 Å². The molecular weight excluding hydrogens is 450 g/mol. The van der Waals surface area contributed by atoms with Gasteiger partial charge in [0.25, 0.3) is 0 Å². The predicted molar refractivity (Wildman–Crippen MR) is 120 cm³/mol. The number of hydrogen-bond acceptors (Lipinski definition) is 5. The number of carbonyl (C=O) groups excluding carboxylic acids is 1. The number of nitrogens with zero attached hydrogens (tertiary/aromatic N) is 3. The first-order chi connectivity index (χ1) is 14.0. The van der Waals surface area contributed by atoms with Crippen molar-refractivity contribution in [2.24, 2.45) is 0 Å². The Morgan fingerprint density at radius 1 is 1.10 bits per heavy atom. The maximum absolute atomic E-state index is 12.4. The van der Waals surface area contributed by atoms with E-state index in [1.807, 2.05) is 54.8 Å². The zero-order chi connectivity index (χ0) is 20.8. The minimum atomic E-state index is -0.244. The van der Waals surface area contributed by atoms with Crippen molar-refractivity contribution in [3.8, 4) is 5.75 Å². The molecule has 0 saturated heterocycles. The summed E-state index contributed by atoms with van der Waals surface area (Å²) >= 11 is 4.79. The molecule has 0 aliphatic carbocycles. The normalized spacial score (nSPS) is 12.0. The number of aromatic nitrogens is 3. The SMILES string of the molecule is CCc1ccc(O[C@H](C)c2nnc(SCC(=O)c3ccc(Br)cc3)n2CC)cc1. The van der Waals surface area contributed by atoms with E-state index >= 15 is 0 Å². The largest absolute Gasteiger partial charge is 0.483 e. The van der Waals surface area contributed by atoms with Crippen LogP contribution in [0.1, 0.15) is 48.6 Å². The minimum absolute atomic E-state index is 0.0648. The molecule has 0 aliphatic rings. The van der Waals surface area contributed by atoms with E-state index < -0.39 is 0 Å². The third-order valence-corrected chi connectivity index (χ3v) is 6.06. The number of ketones is 1. The van der Waals surface area contributed by atoms with E-state index in [-0.39, 0.29) is 11.9 Å². The Labute approximate surface area is 184 Å². The van der Waals surface area contributed by atoms with Gasteiger partial charge in [0.05, 0.1) is 5.75 Å². The van der Waals surface area contributed by atoms with Crippen molar-refractivity contribution in [1.29, 1.82) is 0 Å². The standard InChI is InChI=1S/C22H24BrN3O2S/c1-4-16-6-12-19(13-7-16)28-15(3)21-24-25-22(26(21)5-2)29-14-20(27)17-8-10-18(23)11-9-17/h6-13,15H,4-5,14H2,1-3H3/t15-/m1/s1. The summed E-state index contributed by atoms with van der Waals surface area (Å²) in [4.78, 5) is 12.4. The van der Waals surface area contributed by atoms with Crippen LogP contribution < -0.4 is 4.74 Å². The fraction of sp³-hybridized carbons (Fsp3) is 0.318. The summed E-state index contributed by atoms with van der Waals surface area (Å²) in [7, 11) is 0. The number of carbonyl (C=O) groups is 1. The van der Waals surface area contributed by atoms with Gasteiger partial charge in [-0.25, -0.2) is 0 Å². The molecule has 3 rings (SSSR count). The fourth-order valence-electron chi connectivity index (χ4n) is 2.91. The Morgan fingerprint density at radius 2 is 1.79 bits per heavy atom. The third kappa shape index (κ3) is 5.48. The zero-order valence-electron chi connectivity index (χ0n) is 16.8.